The van der Waals surface area contributed by atoms with E-state index in [2.05, 4.69) is 5.32 Å². The van der Waals surface area contributed by atoms with Crippen LogP contribution in [-0.4, -0.2) is 78.2 Å². The highest BCUT2D eigenvalue weighted by atomic mass is 16.5. The summed E-state index contributed by atoms with van der Waals surface area (Å²) in [5.74, 6) is -1.87. The van der Waals surface area contributed by atoms with Crippen molar-refractivity contribution in [2.24, 2.45) is 5.92 Å². The highest BCUT2D eigenvalue weighted by Crippen LogP contribution is 2.21. The number of likely N-dealkylation sites (tertiary alicyclic amines) is 2. The second kappa shape index (κ2) is 7.83. The largest absolute Gasteiger partial charge is 0.479 e. The number of hydrogen-bond donors (Lipinski definition) is 2. The third-order valence-electron chi connectivity index (χ3n) is 4.74. The van der Waals surface area contributed by atoms with Crippen LogP contribution < -0.4 is 5.32 Å². The Kier molecular flexibility index (Phi) is 6.04. The zero-order valence-corrected chi connectivity index (χ0v) is 14.4. The summed E-state index contributed by atoms with van der Waals surface area (Å²) in [5.41, 5.74) is -1.47. The van der Waals surface area contributed by atoms with E-state index in [4.69, 9.17) is 4.74 Å². The molecule has 0 aromatic rings. The Morgan fingerprint density at radius 1 is 1.17 bits per heavy atom. The van der Waals surface area contributed by atoms with Gasteiger partial charge in [-0.2, -0.15) is 0 Å². The van der Waals surface area contributed by atoms with Crippen LogP contribution in [0, 0.1) is 5.92 Å². The van der Waals surface area contributed by atoms with Crippen LogP contribution in [0.4, 0.5) is 4.79 Å². The van der Waals surface area contributed by atoms with Crippen LogP contribution in [0.1, 0.15) is 32.6 Å². The molecule has 136 valence electrons. The van der Waals surface area contributed by atoms with Crippen molar-refractivity contribution in [3.05, 3.63) is 0 Å². The number of ether oxygens (including phenoxy) is 1. The van der Waals surface area contributed by atoms with Crippen molar-refractivity contribution in [3.8, 4) is 0 Å². The molecular formula is C16H27N3O5. The average Bonchev–Trinajstić information content (AvgIpc) is 3.08. The molecule has 2 heterocycles. The van der Waals surface area contributed by atoms with Gasteiger partial charge in [-0.05, 0) is 32.6 Å². The summed E-state index contributed by atoms with van der Waals surface area (Å²) in [5, 5.41) is 11.9. The molecule has 2 rings (SSSR count). The molecule has 0 aromatic heterocycles. The van der Waals surface area contributed by atoms with Crippen molar-refractivity contribution in [3.63, 3.8) is 0 Å². The minimum atomic E-state index is -1.47. The van der Waals surface area contributed by atoms with E-state index >= 15 is 0 Å². The summed E-state index contributed by atoms with van der Waals surface area (Å²) in [6.45, 7) is 3.84. The Labute approximate surface area is 142 Å². The van der Waals surface area contributed by atoms with E-state index in [1.54, 1.807) is 4.90 Å². The van der Waals surface area contributed by atoms with Gasteiger partial charge in [0.15, 0.2) is 5.54 Å². The van der Waals surface area contributed by atoms with Gasteiger partial charge in [-0.15, -0.1) is 0 Å². The van der Waals surface area contributed by atoms with Crippen molar-refractivity contribution in [1.29, 1.82) is 0 Å². The Balaban J connectivity index is 1.96. The first kappa shape index (κ1) is 18.5. The third-order valence-corrected chi connectivity index (χ3v) is 4.74. The lowest BCUT2D eigenvalue weighted by atomic mass is 9.95. The molecule has 2 N–H and O–H groups in total. The lowest BCUT2D eigenvalue weighted by Gasteiger charge is -2.36. The summed E-state index contributed by atoms with van der Waals surface area (Å²) in [7, 11) is 1.39. The molecule has 24 heavy (non-hydrogen) atoms. The molecule has 0 aliphatic carbocycles. The van der Waals surface area contributed by atoms with Gasteiger partial charge in [-0.25, -0.2) is 9.59 Å². The van der Waals surface area contributed by atoms with Crippen LogP contribution in [0.15, 0.2) is 0 Å². The van der Waals surface area contributed by atoms with Crippen LogP contribution in [-0.2, 0) is 14.3 Å². The maximum absolute atomic E-state index is 12.5. The second-order valence-electron chi connectivity index (χ2n) is 6.82. The van der Waals surface area contributed by atoms with Crippen LogP contribution in [0.25, 0.3) is 0 Å². The number of urea groups is 1. The van der Waals surface area contributed by atoms with E-state index in [1.165, 1.54) is 14.0 Å². The van der Waals surface area contributed by atoms with Gasteiger partial charge in [0.25, 0.3) is 0 Å². The van der Waals surface area contributed by atoms with Crippen LogP contribution in [0.2, 0.25) is 0 Å². The molecule has 2 saturated heterocycles. The Hall–Kier alpha value is -1.83. The fourth-order valence-corrected chi connectivity index (χ4v) is 3.29. The summed E-state index contributed by atoms with van der Waals surface area (Å²) in [6, 6.07) is -0.0112. The SMILES string of the molecule is COCC(C)(NC(=O)C1CCCN(C(=O)N2CCCC2)C1)C(=O)O. The fraction of sp³-hybridized carbons (Fsp3) is 0.812. The second-order valence-corrected chi connectivity index (χ2v) is 6.82. The zero-order valence-electron chi connectivity index (χ0n) is 14.4. The standard InChI is InChI=1S/C16H27N3O5/c1-16(11-24-2,14(21)22)17-13(20)12-6-5-9-19(10-12)15(23)18-7-3-4-8-18/h12H,3-11H2,1-2H3,(H,17,20)(H,21,22). The number of carboxylic acids is 1. The molecule has 0 bridgehead atoms. The quantitative estimate of drug-likeness (QED) is 0.759. The minimum absolute atomic E-state index is 0.0112. The number of carbonyl (C=O) groups is 3. The van der Waals surface area contributed by atoms with Gasteiger partial charge in [0.2, 0.25) is 5.91 Å². The lowest BCUT2D eigenvalue weighted by molar-refractivity contribution is -0.150. The molecule has 2 fully saturated rings. The molecular weight excluding hydrogens is 314 g/mol. The predicted molar refractivity (Wildman–Crippen MR) is 86.6 cm³/mol. The predicted octanol–water partition coefficient (Wildman–Crippen LogP) is 0.520. The number of nitrogens with one attached hydrogen (secondary N) is 1. The summed E-state index contributed by atoms with van der Waals surface area (Å²) >= 11 is 0. The number of carbonyl (C=O) groups excluding carboxylic acids is 2. The molecule has 2 atom stereocenters. The Bertz CT molecular complexity index is 492. The smallest absolute Gasteiger partial charge is 0.331 e. The number of hydrogen-bond acceptors (Lipinski definition) is 4. The monoisotopic (exact) mass is 341 g/mol. The molecule has 8 nitrogen and oxygen atoms in total. The Morgan fingerprint density at radius 2 is 1.79 bits per heavy atom. The van der Waals surface area contributed by atoms with Crippen LogP contribution in [0.3, 0.4) is 0 Å². The number of methoxy groups -OCH3 is 1. The highest BCUT2D eigenvalue weighted by molar-refractivity contribution is 5.88. The van der Waals surface area contributed by atoms with Gasteiger partial charge in [0.1, 0.15) is 0 Å². The van der Waals surface area contributed by atoms with Crippen molar-refractivity contribution < 1.29 is 24.2 Å². The molecule has 0 radical (unpaired) electrons. The minimum Gasteiger partial charge on any atom is -0.479 e. The van der Waals surface area contributed by atoms with Gasteiger partial charge in [-0.3, -0.25) is 4.79 Å². The summed E-state index contributed by atoms with van der Waals surface area (Å²) in [4.78, 5) is 39.9. The van der Waals surface area contributed by atoms with Crippen molar-refractivity contribution in [1.82, 2.24) is 15.1 Å². The third kappa shape index (κ3) is 4.17. The highest BCUT2D eigenvalue weighted by Gasteiger charge is 2.38. The van der Waals surface area contributed by atoms with Gasteiger partial charge in [0.05, 0.1) is 12.5 Å². The average molecular weight is 341 g/mol. The topological polar surface area (TPSA) is 99.2 Å². The molecule has 0 spiro atoms. The number of amides is 3. The summed E-state index contributed by atoms with van der Waals surface area (Å²) < 4.78 is 4.92. The van der Waals surface area contributed by atoms with Gasteiger partial charge in [-0.1, -0.05) is 0 Å². The number of carboxylic acid groups (broad SMARTS) is 1. The maximum Gasteiger partial charge on any atom is 0.331 e. The van der Waals surface area contributed by atoms with E-state index in [1.807, 2.05) is 4.90 Å². The van der Waals surface area contributed by atoms with E-state index < -0.39 is 11.5 Å². The normalized spacial score (nSPS) is 23.7. The van der Waals surface area contributed by atoms with Gasteiger partial charge < -0.3 is 25.0 Å². The molecule has 2 aliphatic rings. The number of rotatable bonds is 5. The number of piperidine rings is 1. The van der Waals surface area contributed by atoms with E-state index in [0.29, 0.717) is 19.5 Å². The van der Waals surface area contributed by atoms with Gasteiger partial charge >= 0.3 is 12.0 Å². The molecule has 3 amide bonds. The zero-order chi connectivity index (χ0) is 17.7. The first-order valence-corrected chi connectivity index (χ1v) is 8.45. The van der Waals surface area contributed by atoms with Crippen LogP contribution >= 0.6 is 0 Å². The Morgan fingerprint density at radius 3 is 2.38 bits per heavy atom. The molecule has 8 heteroatoms. The van der Waals surface area contributed by atoms with Crippen molar-refractivity contribution in [2.45, 2.75) is 38.1 Å². The molecule has 0 aromatic carbocycles. The van der Waals surface area contributed by atoms with Crippen molar-refractivity contribution >= 4 is 17.9 Å². The first-order valence-electron chi connectivity index (χ1n) is 8.45. The lowest BCUT2D eigenvalue weighted by Crippen LogP contribution is -2.58. The summed E-state index contributed by atoms with van der Waals surface area (Å²) in [6.07, 6.45) is 3.44. The van der Waals surface area contributed by atoms with Crippen LogP contribution in [0.5, 0.6) is 0 Å². The molecule has 2 aliphatic heterocycles. The molecule has 2 unspecified atom stereocenters. The molecule has 0 saturated carbocycles. The van der Waals surface area contributed by atoms with E-state index in [-0.39, 0.29) is 24.5 Å². The van der Waals surface area contributed by atoms with Crippen molar-refractivity contribution in [2.75, 3.05) is 39.9 Å². The number of nitrogens with zero attached hydrogens (tertiary/aromatic N) is 2. The van der Waals surface area contributed by atoms with E-state index in [9.17, 15) is 19.5 Å². The fourth-order valence-electron chi connectivity index (χ4n) is 3.29. The van der Waals surface area contributed by atoms with E-state index in [0.717, 1.165) is 32.4 Å². The first-order chi connectivity index (χ1) is 11.4. The van der Waals surface area contributed by atoms with Gasteiger partial charge in [0, 0.05) is 33.3 Å². The number of aliphatic carboxylic acids is 1. The maximum atomic E-state index is 12.5.